The third kappa shape index (κ3) is 5.04. The van der Waals surface area contributed by atoms with Gasteiger partial charge in [-0.1, -0.05) is 59.0 Å². The fourth-order valence-corrected chi connectivity index (χ4v) is 8.08. The minimum Gasteiger partial charge on any atom is -0.489 e. The Kier molecular flexibility index (Phi) is 7.69. The van der Waals surface area contributed by atoms with Crippen LogP contribution in [0.1, 0.15) is 44.8 Å². The fraction of sp³-hybridized carbons (Fsp3) is 0.226. The van der Waals surface area contributed by atoms with Crippen LogP contribution in [0, 0.1) is 12.8 Å². The normalized spacial score (nSPS) is 19.4. The summed E-state index contributed by atoms with van der Waals surface area (Å²) in [6, 6.07) is 19.3. The number of hydrogen-bond donors (Lipinski definition) is 1. The third-order valence-electron chi connectivity index (χ3n) is 7.41. The smallest absolute Gasteiger partial charge is 0.338 e. The molecule has 0 radical (unpaired) electrons. The summed E-state index contributed by atoms with van der Waals surface area (Å²) in [6.07, 6.45) is 0. The maximum absolute atomic E-state index is 14.1. The van der Waals surface area contributed by atoms with E-state index in [1.165, 1.54) is 23.9 Å². The van der Waals surface area contributed by atoms with Crippen molar-refractivity contribution in [3.63, 3.8) is 0 Å². The number of carbonyl (C=O) groups excluding carboxylic acids is 3. The molecule has 4 aromatic rings. The molecule has 0 bridgehead atoms. The van der Waals surface area contributed by atoms with Crippen LogP contribution in [0.4, 0.5) is 5.69 Å². The molecule has 214 valence electrons. The van der Waals surface area contributed by atoms with Gasteiger partial charge in [0.1, 0.15) is 17.6 Å². The van der Waals surface area contributed by atoms with Crippen molar-refractivity contribution in [2.45, 2.75) is 36.6 Å². The van der Waals surface area contributed by atoms with Crippen molar-refractivity contribution in [3.8, 4) is 5.75 Å². The topological polar surface area (TPSA) is 106 Å². The number of thioether (sulfide) groups is 1. The number of aromatic nitrogens is 1. The van der Waals surface area contributed by atoms with Crippen molar-refractivity contribution in [2.75, 3.05) is 11.5 Å². The van der Waals surface area contributed by atoms with Gasteiger partial charge in [0.25, 0.3) is 0 Å². The molecule has 3 heterocycles. The van der Waals surface area contributed by atoms with Crippen LogP contribution in [0.2, 0.25) is 5.02 Å². The Morgan fingerprint density at radius 2 is 1.79 bits per heavy atom. The van der Waals surface area contributed by atoms with Crippen LogP contribution in [-0.4, -0.2) is 34.6 Å². The van der Waals surface area contributed by atoms with Gasteiger partial charge in [0.2, 0.25) is 11.8 Å². The quantitative estimate of drug-likeness (QED) is 0.201. The molecule has 0 aliphatic carbocycles. The third-order valence-corrected chi connectivity index (χ3v) is 10.0. The number of aromatic amines is 1. The number of carbonyl (C=O) groups is 3. The summed E-state index contributed by atoms with van der Waals surface area (Å²) in [5.41, 5.74) is 3.38. The monoisotopic (exact) mass is 620 g/mol. The number of benzene rings is 3. The maximum atomic E-state index is 14.1. The summed E-state index contributed by atoms with van der Waals surface area (Å²) in [5.74, 6) is -2.23. The Morgan fingerprint density at radius 3 is 2.52 bits per heavy atom. The van der Waals surface area contributed by atoms with Gasteiger partial charge in [-0.3, -0.25) is 14.4 Å². The highest BCUT2D eigenvalue weighted by Gasteiger charge is 2.56. The van der Waals surface area contributed by atoms with Crippen LogP contribution in [0.3, 0.4) is 0 Å². The summed E-state index contributed by atoms with van der Waals surface area (Å²) < 4.78 is 11.4. The van der Waals surface area contributed by atoms with E-state index in [4.69, 9.17) is 21.1 Å². The summed E-state index contributed by atoms with van der Waals surface area (Å²) in [7, 11) is 0. The highest BCUT2D eigenvalue weighted by atomic mass is 35.5. The van der Waals surface area contributed by atoms with Gasteiger partial charge in [-0.25, -0.2) is 9.69 Å². The molecule has 2 amide bonds. The summed E-state index contributed by atoms with van der Waals surface area (Å²) in [6.45, 7) is 4.25. The van der Waals surface area contributed by atoms with Crippen molar-refractivity contribution in [2.24, 2.45) is 5.92 Å². The van der Waals surface area contributed by atoms with Crippen LogP contribution in [0.15, 0.2) is 76.6 Å². The molecule has 1 N–H and O–H groups in total. The van der Waals surface area contributed by atoms with Gasteiger partial charge in [0.15, 0.2) is 0 Å². The van der Waals surface area contributed by atoms with Crippen molar-refractivity contribution >= 4 is 58.2 Å². The van der Waals surface area contributed by atoms with Crippen molar-refractivity contribution in [3.05, 3.63) is 109 Å². The van der Waals surface area contributed by atoms with E-state index in [2.05, 4.69) is 4.98 Å². The molecule has 0 saturated carbocycles. The molecule has 0 spiro atoms. The van der Waals surface area contributed by atoms with Gasteiger partial charge < -0.3 is 14.5 Å². The van der Waals surface area contributed by atoms with Gasteiger partial charge in [0.05, 0.1) is 28.8 Å². The molecule has 3 aromatic carbocycles. The number of thiazole rings is 1. The van der Waals surface area contributed by atoms with Crippen molar-refractivity contribution in [1.29, 1.82) is 0 Å². The number of nitrogens with one attached hydrogen (secondary N) is 1. The molecule has 2 aliphatic heterocycles. The van der Waals surface area contributed by atoms with Gasteiger partial charge in [-0.2, -0.15) is 0 Å². The number of hydrogen-bond acceptors (Lipinski definition) is 8. The first-order valence-corrected chi connectivity index (χ1v) is 15.4. The molecule has 1 saturated heterocycles. The Hall–Kier alpha value is -3.86. The molecule has 2 aliphatic rings. The largest absolute Gasteiger partial charge is 0.489 e. The van der Waals surface area contributed by atoms with E-state index >= 15 is 0 Å². The number of ether oxygens (including phenoxy) is 2. The minimum atomic E-state index is -0.814. The second-order valence-corrected chi connectivity index (χ2v) is 12.5. The number of anilines is 1. The van der Waals surface area contributed by atoms with E-state index in [9.17, 15) is 19.2 Å². The first kappa shape index (κ1) is 28.3. The Bertz CT molecular complexity index is 1770. The predicted octanol–water partition coefficient (Wildman–Crippen LogP) is 5.95. The lowest BCUT2D eigenvalue weighted by atomic mass is 9.82. The molecule has 6 rings (SSSR count). The molecule has 0 unspecified atom stereocenters. The predicted molar refractivity (Wildman–Crippen MR) is 162 cm³/mol. The highest BCUT2D eigenvalue weighted by molar-refractivity contribution is 8.00. The molecule has 42 heavy (non-hydrogen) atoms. The number of aryl methyl sites for hydroxylation is 1. The molecule has 3 atom stereocenters. The first-order valence-electron chi connectivity index (χ1n) is 13.3. The SMILES string of the molecule is CCOC(=O)c1ccc(N2C(=O)[C@H]3[C@H](c4cc(Cl)ccc4OCc4ccccc4C)c4sc(=O)[nH]c4S[C@H]3C2=O)cc1. The van der Waals surface area contributed by atoms with E-state index in [1.54, 1.807) is 37.3 Å². The lowest BCUT2D eigenvalue weighted by molar-refractivity contribution is -0.122. The van der Waals surface area contributed by atoms with E-state index in [1.807, 2.05) is 31.2 Å². The summed E-state index contributed by atoms with van der Waals surface area (Å²) in [4.78, 5) is 57.0. The van der Waals surface area contributed by atoms with E-state index < -0.39 is 34.9 Å². The minimum absolute atomic E-state index is 0.234. The zero-order valence-electron chi connectivity index (χ0n) is 22.6. The number of H-pyrrole nitrogens is 1. The number of amides is 2. The standard InChI is InChI=1S/C31H25ClN2O6S2/c1-3-39-30(37)17-8-11-20(12-9-17)34-28(35)24-23(25-27(33-31(38)42-25)41-26(24)29(34)36)21-14-19(32)10-13-22(21)40-15-18-7-5-4-6-16(18)2/h4-14,23-24,26H,3,15H2,1-2H3,(H,33,38)/t23-,24-,26+/m0/s1. The lowest BCUT2D eigenvalue weighted by Gasteiger charge is -2.31. The lowest BCUT2D eigenvalue weighted by Crippen LogP contribution is -2.32. The molecule has 1 fully saturated rings. The number of esters is 1. The van der Waals surface area contributed by atoms with Crippen LogP contribution in [0.25, 0.3) is 0 Å². The van der Waals surface area contributed by atoms with Gasteiger partial charge in [0, 0.05) is 21.4 Å². The van der Waals surface area contributed by atoms with E-state index in [0.29, 0.717) is 44.1 Å². The number of halogens is 1. The van der Waals surface area contributed by atoms with E-state index in [0.717, 1.165) is 27.4 Å². The number of fused-ring (bicyclic) bond motifs is 2. The molecule has 8 nitrogen and oxygen atoms in total. The summed E-state index contributed by atoms with van der Waals surface area (Å²) in [5, 5.41) is 0.213. The number of nitrogens with zero attached hydrogens (tertiary/aromatic N) is 1. The van der Waals surface area contributed by atoms with Gasteiger partial charge >= 0.3 is 10.8 Å². The van der Waals surface area contributed by atoms with Crippen LogP contribution in [0.5, 0.6) is 5.75 Å². The molecular weight excluding hydrogens is 596 g/mol. The van der Waals surface area contributed by atoms with Crippen molar-refractivity contribution in [1.82, 2.24) is 4.98 Å². The Morgan fingerprint density at radius 1 is 1.02 bits per heavy atom. The molecule has 1 aromatic heterocycles. The fourth-order valence-electron chi connectivity index (χ4n) is 5.39. The first-order chi connectivity index (χ1) is 20.3. The average Bonchev–Trinajstić information content (AvgIpc) is 3.47. The second-order valence-electron chi connectivity index (χ2n) is 9.93. The number of imide groups is 1. The Balaban J connectivity index is 1.40. The Labute approximate surface area is 254 Å². The van der Waals surface area contributed by atoms with Crippen LogP contribution < -0.4 is 14.5 Å². The zero-order valence-corrected chi connectivity index (χ0v) is 25.0. The van der Waals surface area contributed by atoms with Crippen molar-refractivity contribution < 1.29 is 23.9 Å². The van der Waals surface area contributed by atoms with Gasteiger partial charge in [-0.15, -0.1) is 0 Å². The zero-order chi connectivity index (χ0) is 29.5. The van der Waals surface area contributed by atoms with Crippen LogP contribution >= 0.6 is 34.7 Å². The molecule has 11 heteroatoms. The highest BCUT2D eigenvalue weighted by Crippen LogP contribution is 2.54. The van der Waals surface area contributed by atoms with Gasteiger partial charge in [-0.05, 0) is 67.4 Å². The van der Waals surface area contributed by atoms with Crippen LogP contribution in [-0.2, 0) is 20.9 Å². The average molecular weight is 621 g/mol. The number of rotatable bonds is 7. The molecular formula is C31H25ClN2O6S2. The summed E-state index contributed by atoms with van der Waals surface area (Å²) >= 11 is 8.69. The second kappa shape index (κ2) is 11.4. The maximum Gasteiger partial charge on any atom is 0.338 e. The van der Waals surface area contributed by atoms with E-state index in [-0.39, 0.29) is 11.5 Å².